The van der Waals surface area contributed by atoms with Crippen LogP contribution in [-0.2, 0) is 6.42 Å². The van der Waals surface area contributed by atoms with Crippen molar-refractivity contribution in [3.8, 4) is 11.5 Å². The van der Waals surface area contributed by atoms with Gasteiger partial charge in [0.1, 0.15) is 13.2 Å². The molecule has 0 radical (unpaired) electrons. The molecule has 1 aliphatic carbocycles. The molecule has 1 N–H and O–H groups in total. The van der Waals surface area contributed by atoms with Crippen molar-refractivity contribution in [1.82, 2.24) is 5.32 Å². The lowest BCUT2D eigenvalue weighted by molar-refractivity contribution is 0.171. The van der Waals surface area contributed by atoms with Gasteiger partial charge in [-0.05, 0) is 55.0 Å². The molecule has 0 saturated heterocycles. The van der Waals surface area contributed by atoms with Crippen molar-refractivity contribution in [3.05, 3.63) is 23.3 Å². The van der Waals surface area contributed by atoms with Crippen LogP contribution in [0.2, 0.25) is 0 Å². The Labute approximate surface area is 114 Å². The Morgan fingerprint density at radius 2 is 1.84 bits per heavy atom. The van der Waals surface area contributed by atoms with E-state index >= 15 is 0 Å². The van der Waals surface area contributed by atoms with Crippen molar-refractivity contribution in [2.45, 2.75) is 38.1 Å². The van der Waals surface area contributed by atoms with Gasteiger partial charge in [0.15, 0.2) is 11.5 Å². The highest BCUT2D eigenvalue weighted by molar-refractivity contribution is 5.50. The molecule has 1 unspecified atom stereocenters. The summed E-state index contributed by atoms with van der Waals surface area (Å²) in [5.74, 6) is 2.88. The molecule has 1 aromatic rings. The van der Waals surface area contributed by atoms with Gasteiger partial charge in [0.2, 0.25) is 0 Å². The quantitative estimate of drug-likeness (QED) is 0.905. The van der Waals surface area contributed by atoms with E-state index in [0.717, 1.165) is 30.4 Å². The molecule has 1 aromatic carbocycles. The van der Waals surface area contributed by atoms with Gasteiger partial charge in [0.25, 0.3) is 0 Å². The molecule has 102 valence electrons. The van der Waals surface area contributed by atoms with E-state index in [2.05, 4.69) is 17.4 Å². The molecule has 4 rings (SSSR count). The zero-order valence-electron chi connectivity index (χ0n) is 11.3. The molecule has 1 fully saturated rings. The molecule has 0 aromatic heterocycles. The molecule has 1 saturated carbocycles. The highest BCUT2D eigenvalue weighted by Gasteiger charge is 2.27. The molecular weight excluding hydrogens is 238 g/mol. The van der Waals surface area contributed by atoms with Crippen LogP contribution in [0.4, 0.5) is 0 Å². The van der Waals surface area contributed by atoms with Crippen LogP contribution in [0.15, 0.2) is 12.1 Å². The largest absolute Gasteiger partial charge is 0.486 e. The molecule has 0 bridgehead atoms. The van der Waals surface area contributed by atoms with Crippen LogP contribution < -0.4 is 14.8 Å². The Morgan fingerprint density at radius 3 is 2.63 bits per heavy atom. The Morgan fingerprint density at radius 1 is 1.05 bits per heavy atom. The summed E-state index contributed by atoms with van der Waals surface area (Å²) in [7, 11) is 0. The van der Waals surface area contributed by atoms with Crippen LogP contribution in [0, 0.1) is 5.92 Å². The minimum atomic E-state index is 0.514. The van der Waals surface area contributed by atoms with Crippen LogP contribution in [-0.4, -0.2) is 19.8 Å². The summed E-state index contributed by atoms with van der Waals surface area (Å²) in [6.07, 6.45) is 6.62. The van der Waals surface area contributed by atoms with E-state index in [1.165, 1.54) is 36.8 Å². The van der Waals surface area contributed by atoms with Gasteiger partial charge >= 0.3 is 0 Å². The number of nitrogens with one attached hydrogen (secondary N) is 1. The van der Waals surface area contributed by atoms with E-state index in [0.29, 0.717) is 19.3 Å². The summed E-state index contributed by atoms with van der Waals surface area (Å²) in [6, 6.07) is 4.93. The smallest absolute Gasteiger partial charge is 0.161 e. The fraction of sp³-hybridized carbons (Fsp3) is 0.625. The molecule has 19 heavy (non-hydrogen) atoms. The van der Waals surface area contributed by atoms with Gasteiger partial charge in [-0.25, -0.2) is 0 Å². The average molecular weight is 259 g/mol. The first-order chi connectivity index (χ1) is 9.40. The van der Waals surface area contributed by atoms with E-state index in [4.69, 9.17) is 9.47 Å². The van der Waals surface area contributed by atoms with Crippen molar-refractivity contribution in [2.75, 3.05) is 19.8 Å². The molecule has 3 aliphatic rings. The van der Waals surface area contributed by atoms with Crippen LogP contribution in [0.5, 0.6) is 11.5 Å². The van der Waals surface area contributed by atoms with Crippen molar-refractivity contribution in [1.29, 1.82) is 0 Å². The standard InChI is InChI=1S/C16H21NO2/c1-2-11(1)3-4-14-13-10-16-15(18-7-8-19-16)9-12(13)5-6-17-14/h9-11,14,17H,1-8H2. The summed E-state index contributed by atoms with van der Waals surface area (Å²) in [4.78, 5) is 0. The molecular formula is C16H21NO2. The number of rotatable bonds is 3. The molecule has 0 spiro atoms. The Bertz CT molecular complexity index is 482. The molecule has 2 heterocycles. The monoisotopic (exact) mass is 259 g/mol. The zero-order valence-corrected chi connectivity index (χ0v) is 11.3. The minimum Gasteiger partial charge on any atom is -0.486 e. The third kappa shape index (κ3) is 2.32. The lowest BCUT2D eigenvalue weighted by Crippen LogP contribution is -2.30. The van der Waals surface area contributed by atoms with Crippen molar-refractivity contribution in [2.24, 2.45) is 5.92 Å². The number of benzene rings is 1. The second-order valence-electron chi connectivity index (χ2n) is 5.97. The van der Waals surface area contributed by atoms with Gasteiger partial charge in [0.05, 0.1) is 0 Å². The molecule has 3 heteroatoms. The van der Waals surface area contributed by atoms with Crippen molar-refractivity contribution >= 4 is 0 Å². The van der Waals surface area contributed by atoms with Crippen LogP contribution in [0.25, 0.3) is 0 Å². The van der Waals surface area contributed by atoms with Gasteiger partial charge < -0.3 is 14.8 Å². The van der Waals surface area contributed by atoms with E-state index < -0.39 is 0 Å². The van der Waals surface area contributed by atoms with Gasteiger partial charge in [-0.15, -0.1) is 0 Å². The summed E-state index contributed by atoms with van der Waals surface area (Å²) < 4.78 is 11.4. The number of fused-ring (bicyclic) bond motifs is 2. The van der Waals surface area contributed by atoms with Crippen LogP contribution in [0.1, 0.15) is 42.9 Å². The Balaban J connectivity index is 1.60. The summed E-state index contributed by atoms with van der Waals surface area (Å²) in [5, 5.41) is 3.67. The predicted octanol–water partition coefficient (Wildman–Crippen LogP) is 2.83. The fourth-order valence-corrected chi connectivity index (χ4v) is 3.24. The maximum atomic E-state index is 5.72. The maximum Gasteiger partial charge on any atom is 0.161 e. The summed E-state index contributed by atoms with van der Waals surface area (Å²) in [6.45, 7) is 2.43. The summed E-state index contributed by atoms with van der Waals surface area (Å²) in [5.41, 5.74) is 2.89. The van der Waals surface area contributed by atoms with E-state index in [-0.39, 0.29) is 0 Å². The number of ether oxygens (including phenoxy) is 2. The molecule has 0 amide bonds. The van der Waals surface area contributed by atoms with Gasteiger partial charge in [-0.3, -0.25) is 0 Å². The lowest BCUT2D eigenvalue weighted by atomic mass is 9.90. The second-order valence-corrected chi connectivity index (χ2v) is 5.97. The highest BCUT2D eigenvalue weighted by Crippen LogP contribution is 2.40. The first kappa shape index (κ1) is 11.6. The first-order valence-corrected chi connectivity index (χ1v) is 7.56. The molecule has 1 atom stereocenters. The highest BCUT2D eigenvalue weighted by atomic mass is 16.6. The number of hydrogen-bond acceptors (Lipinski definition) is 3. The first-order valence-electron chi connectivity index (χ1n) is 7.56. The summed E-state index contributed by atoms with van der Waals surface area (Å²) >= 11 is 0. The molecule has 3 nitrogen and oxygen atoms in total. The van der Waals surface area contributed by atoms with Crippen molar-refractivity contribution < 1.29 is 9.47 Å². The van der Waals surface area contributed by atoms with Crippen molar-refractivity contribution in [3.63, 3.8) is 0 Å². The maximum absolute atomic E-state index is 5.72. The lowest BCUT2D eigenvalue weighted by Gasteiger charge is -2.29. The second kappa shape index (κ2) is 4.71. The van der Waals surface area contributed by atoms with Gasteiger partial charge in [0, 0.05) is 6.04 Å². The van der Waals surface area contributed by atoms with E-state index in [1.54, 1.807) is 0 Å². The normalized spacial score (nSPS) is 24.9. The minimum absolute atomic E-state index is 0.514. The van der Waals surface area contributed by atoms with Gasteiger partial charge in [-0.2, -0.15) is 0 Å². The fourth-order valence-electron chi connectivity index (χ4n) is 3.24. The zero-order chi connectivity index (χ0) is 12.7. The average Bonchev–Trinajstić information content (AvgIpc) is 3.27. The Kier molecular flexibility index (Phi) is 2.87. The topological polar surface area (TPSA) is 30.5 Å². The van der Waals surface area contributed by atoms with Gasteiger partial charge in [-0.1, -0.05) is 12.8 Å². The van der Waals surface area contributed by atoms with E-state index in [1.807, 2.05) is 0 Å². The Hall–Kier alpha value is -1.22. The third-order valence-corrected chi connectivity index (χ3v) is 4.53. The van der Waals surface area contributed by atoms with E-state index in [9.17, 15) is 0 Å². The third-order valence-electron chi connectivity index (χ3n) is 4.53. The SMILES string of the molecule is c1c2c(cc3c1OCCO3)C(CCC1CC1)NCC2. The predicted molar refractivity (Wildman–Crippen MR) is 73.8 cm³/mol. The van der Waals surface area contributed by atoms with Crippen LogP contribution in [0.3, 0.4) is 0 Å². The number of hydrogen-bond donors (Lipinski definition) is 1. The molecule has 2 aliphatic heterocycles. The van der Waals surface area contributed by atoms with Crippen LogP contribution >= 0.6 is 0 Å².